The fourth-order valence-electron chi connectivity index (χ4n) is 1.76. The zero-order valence-electron chi connectivity index (χ0n) is 11.2. The lowest BCUT2D eigenvalue weighted by Crippen LogP contribution is -2.08. The molecule has 106 valence electrons. The van der Waals surface area contributed by atoms with E-state index in [1.807, 2.05) is 6.07 Å². The molecule has 0 aliphatic rings. The van der Waals surface area contributed by atoms with Gasteiger partial charge in [0.25, 0.3) is 0 Å². The van der Waals surface area contributed by atoms with E-state index >= 15 is 0 Å². The zero-order valence-corrected chi connectivity index (χ0v) is 11.2. The first-order valence-electron chi connectivity index (χ1n) is 6.14. The summed E-state index contributed by atoms with van der Waals surface area (Å²) in [6.07, 6.45) is 0. The topological polar surface area (TPSA) is 98.4 Å². The van der Waals surface area contributed by atoms with Crippen molar-refractivity contribution in [3.05, 3.63) is 70.3 Å². The second-order valence-electron chi connectivity index (χ2n) is 4.31. The Kier molecular flexibility index (Phi) is 4.22. The molecule has 0 fully saturated rings. The molecule has 2 N–H and O–H groups in total. The number of aromatic carboxylic acids is 2. The Hall–Kier alpha value is -3.57. The summed E-state index contributed by atoms with van der Waals surface area (Å²) in [5.41, 5.74) is 0.991. The van der Waals surface area contributed by atoms with E-state index in [4.69, 9.17) is 15.5 Å². The third-order valence-electron chi connectivity index (χ3n) is 2.85. The Morgan fingerprint density at radius 1 is 0.773 bits per heavy atom. The fraction of sp³-hybridized carbons (Fsp3) is 0. The largest absolute Gasteiger partial charge is 0.478 e. The van der Waals surface area contributed by atoms with Gasteiger partial charge in [0, 0.05) is 11.1 Å². The highest BCUT2D eigenvalue weighted by Gasteiger charge is 2.15. The van der Waals surface area contributed by atoms with E-state index in [0.717, 1.165) is 0 Å². The summed E-state index contributed by atoms with van der Waals surface area (Å²) < 4.78 is 0. The maximum Gasteiger partial charge on any atom is 0.336 e. The number of hydrogen-bond donors (Lipinski definition) is 2. The summed E-state index contributed by atoms with van der Waals surface area (Å²) >= 11 is 0. The van der Waals surface area contributed by atoms with E-state index < -0.39 is 11.9 Å². The quantitative estimate of drug-likeness (QED) is 0.827. The number of nitrogens with zero attached hydrogens (tertiary/aromatic N) is 1. The standard InChI is InChI=1S/C17H9NO4/c18-10-13-5-2-11(3-6-13)1-4-12-7-8-14(16(19)20)15(9-12)17(21)22/h2-3,5-9H,(H,19,20)(H,21,22). The molecular weight excluding hydrogens is 282 g/mol. The van der Waals surface area contributed by atoms with Crippen LogP contribution in [0.2, 0.25) is 0 Å². The van der Waals surface area contributed by atoms with Crippen LogP contribution < -0.4 is 0 Å². The van der Waals surface area contributed by atoms with Gasteiger partial charge in [0.2, 0.25) is 0 Å². The van der Waals surface area contributed by atoms with Gasteiger partial charge < -0.3 is 10.2 Å². The molecule has 0 heterocycles. The van der Waals surface area contributed by atoms with Gasteiger partial charge in [0.1, 0.15) is 0 Å². The Morgan fingerprint density at radius 3 is 1.82 bits per heavy atom. The van der Waals surface area contributed by atoms with Crippen molar-refractivity contribution in [1.29, 1.82) is 5.26 Å². The van der Waals surface area contributed by atoms with Crippen LogP contribution in [-0.2, 0) is 0 Å². The number of nitriles is 1. The normalized spacial score (nSPS) is 9.23. The van der Waals surface area contributed by atoms with Gasteiger partial charge in [-0.25, -0.2) is 9.59 Å². The molecule has 0 atom stereocenters. The van der Waals surface area contributed by atoms with Crippen LogP contribution in [-0.4, -0.2) is 22.2 Å². The van der Waals surface area contributed by atoms with E-state index in [1.54, 1.807) is 24.3 Å². The Bertz CT molecular complexity index is 849. The summed E-state index contributed by atoms with van der Waals surface area (Å²) in [5.74, 6) is 2.98. The second kappa shape index (κ2) is 6.25. The summed E-state index contributed by atoms with van der Waals surface area (Å²) in [7, 11) is 0. The fourth-order valence-corrected chi connectivity index (χ4v) is 1.76. The summed E-state index contributed by atoms with van der Waals surface area (Å²) in [5, 5.41) is 26.7. The molecule has 0 unspecified atom stereocenters. The van der Waals surface area contributed by atoms with E-state index in [2.05, 4.69) is 11.8 Å². The van der Waals surface area contributed by atoms with E-state index in [0.29, 0.717) is 16.7 Å². The Labute approximate surface area is 126 Å². The van der Waals surface area contributed by atoms with Crippen molar-refractivity contribution in [2.45, 2.75) is 0 Å². The first-order chi connectivity index (χ1) is 10.5. The molecule has 0 aliphatic heterocycles. The average molecular weight is 291 g/mol. The molecule has 22 heavy (non-hydrogen) atoms. The molecule has 0 saturated heterocycles. The van der Waals surface area contributed by atoms with Gasteiger partial charge in [-0.1, -0.05) is 11.8 Å². The monoisotopic (exact) mass is 291 g/mol. The SMILES string of the molecule is N#Cc1ccc(C#Cc2ccc(C(=O)O)c(C(=O)O)c2)cc1. The number of hydrogen-bond acceptors (Lipinski definition) is 3. The maximum absolute atomic E-state index is 11.1. The third kappa shape index (κ3) is 3.30. The van der Waals surface area contributed by atoms with Crippen LogP contribution in [0.5, 0.6) is 0 Å². The number of carbonyl (C=O) groups is 2. The lowest BCUT2D eigenvalue weighted by Gasteiger charge is -2.01. The predicted molar refractivity (Wildman–Crippen MR) is 77.5 cm³/mol. The lowest BCUT2D eigenvalue weighted by atomic mass is 10.0. The van der Waals surface area contributed by atoms with Gasteiger partial charge in [0.15, 0.2) is 0 Å². The minimum Gasteiger partial charge on any atom is -0.478 e. The van der Waals surface area contributed by atoms with Crippen molar-refractivity contribution in [3.8, 4) is 17.9 Å². The van der Waals surface area contributed by atoms with Crippen molar-refractivity contribution >= 4 is 11.9 Å². The average Bonchev–Trinajstić information content (AvgIpc) is 2.53. The molecule has 0 saturated carbocycles. The number of carboxylic acids is 2. The van der Waals surface area contributed by atoms with Gasteiger partial charge in [-0.2, -0.15) is 5.26 Å². The molecule has 2 aromatic carbocycles. The third-order valence-corrected chi connectivity index (χ3v) is 2.85. The molecule has 0 spiro atoms. The minimum absolute atomic E-state index is 0.281. The predicted octanol–water partition coefficient (Wildman–Crippen LogP) is 2.35. The van der Waals surface area contributed by atoms with Gasteiger partial charge in [-0.05, 0) is 42.5 Å². The molecule has 0 amide bonds. The van der Waals surface area contributed by atoms with Gasteiger partial charge in [-0.15, -0.1) is 0 Å². The van der Waals surface area contributed by atoms with E-state index in [-0.39, 0.29) is 11.1 Å². The van der Waals surface area contributed by atoms with E-state index in [9.17, 15) is 9.59 Å². The summed E-state index contributed by atoms with van der Waals surface area (Å²) in [6.45, 7) is 0. The van der Waals surface area contributed by atoms with Gasteiger partial charge in [-0.3, -0.25) is 0 Å². The van der Waals surface area contributed by atoms with Gasteiger partial charge in [0.05, 0.1) is 22.8 Å². The van der Waals surface area contributed by atoms with Crippen LogP contribution in [0.4, 0.5) is 0 Å². The molecule has 0 bridgehead atoms. The molecule has 2 aromatic rings. The van der Waals surface area contributed by atoms with E-state index in [1.165, 1.54) is 18.2 Å². The molecule has 0 aromatic heterocycles. The first-order valence-corrected chi connectivity index (χ1v) is 6.14. The Balaban J connectivity index is 2.36. The van der Waals surface area contributed by atoms with Crippen molar-refractivity contribution in [2.75, 3.05) is 0 Å². The number of carboxylic acid groups (broad SMARTS) is 2. The highest BCUT2D eigenvalue weighted by Crippen LogP contribution is 2.12. The Morgan fingerprint density at radius 2 is 1.27 bits per heavy atom. The van der Waals surface area contributed by atoms with Crippen molar-refractivity contribution in [3.63, 3.8) is 0 Å². The second-order valence-corrected chi connectivity index (χ2v) is 4.31. The van der Waals surface area contributed by atoms with Crippen LogP contribution in [0.15, 0.2) is 42.5 Å². The van der Waals surface area contributed by atoms with Crippen LogP contribution in [0.25, 0.3) is 0 Å². The van der Waals surface area contributed by atoms with Crippen LogP contribution in [0, 0.1) is 23.2 Å². The van der Waals surface area contributed by atoms with Gasteiger partial charge >= 0.3 is 11.9 Å². The van der Waals surface area contributed by atoms with Crippen molar-refractivity contribution < 1.29 is 19.8 Å². The molecule has 2 rings (SSSR count). The minimum atomic E-state index is -1.32. The molecule has 0 radical (unpaired) electrons. The highest BCUT2D eigenvalue weighted by molar-refractivity contribution is 6.01. The smallest absolute Gasteiger partial charge is 0.336 e. The van der Waals surface area contributed by atoms with Crippen LogP contribution in [0.1, 0.15) is 37.4 Å². The lowest BCUT2D eigenvalue weighted by molar-refractivity contribution is 0.0651. The molecule has 5 heteroatoms. The highest BCUT2D eigenvalue weighted by atomic mass is 16.4. The first kappa shape index (κ1) is 14.8. The maximum atomic E-state index is 11.1. The van der Waals surface area contributed by atoms with Crippen LogP contribution >= 0.6 is 0 Å². The molecule has 0 aliphatic carbocycles. The summed E-state index contributed by atoms with van der Waals surface area (Å²) in [4.78, 5) is 22.0. The number of rotatable bonds is 2. The number of benzene rings is 2. The molecular formula is C17H9NO4. The van der Waals surface area contributed by atoms with Crippen molar-refractivity contribution in [2.24, 2.45) is 0 Å². The summed E-state index contributed by atoms with van der Waals surface area (Å²) in [6, 6.07) is 12.5. The molecule has 5 nitrogen and oxygen atoms in total. The zero-order chi connectivity index (χ0) is 16.1. The van der Waals surface area contributed by atoms with Crippen LogP contribution in [0.3, 0.4) is 0 Å². The van der Waals surface area contributed by atoms with Crippen molar-refractivity contribution in [1.82, 2.24) is 0 Å².